The first-order valence-corrected chi connectivity index (χ1v) is 7.88. The van der Waals surface area contributed by atoms with E-state index in [0.717, 1.165) is 19.4 Å². The Morgan fingerprint density at radius 2 is 1.80 bits per heavy atom. The van der Waals surface area contributed by atoms with E-state index in [1.54, 1.807) is 0 Å². The van der Waals surface area contributed by atoms with Gasteiger partial charge in [-0.15, -0.1) is 0 Å². The molecule has 0 aromatic heterocycles. The Hall–Kier alpha value is -1.51. The molecule has 3 rings (SSSR count). The first-order valence-electron chi connectivity index (χ1n) is 7.88. The lowest BCUT2D eigenvalue weighted by Crippen LogP contribution is -2.45. The Balaban J connectivity index is 1.48. The zero-order valence-corrected chi connectivity index (χ0v) is 12.0. The minimum Gasteiger partial charge on any atom is -0.337 e. The monoisotopic (exact) mass is 272 g/mol. The molecule has 0 spiro atoms. The molecule has 3 nitrogen and oxygen atoms in total. The second-order valence-electron chi connectivity index (χ2n) is 6.31. The molecular weight excluding hydrogens is 248 g/mol. The van der Waals surface area contributed by atoms with Crippen LogP contribution in [0.5, 0.6) is 0 Å². The van der Waals surface area contributed by atoms with Crippen molar-refractivity contribution in [3.8, 4) is 0 Å². The van der Waals surface area contributed by atoms with Gasteiger partial charge in [0.1, 0.15) is 0 Å². The molecule has 1 aromatic carbocycles. The Morgan fingerprint density at radius 3 is 2.45 bits per heavy atom. The maximum Gasteiger partial charge on any atom is 0.315 e. The maximum atomic E-state index is 12.0. The van der Waals surface area contributed by atoms with Crippen LogP contribution in [-0.4, -0.2) is 18.6 Å². The molecule has 3 heteroatoms. The summed E-state index contributed by atoms with van der Waals surface area (Å²) in [7, 11) is 0. The molecule has 108 valence electrons. The standard InChI is InChI=1S/C17H24N2O/c20-16(19-15-9-5-2-6-10-15)18-13-17(11-12-17)14-7-3-1-4-8-14/h1,3-4,7-8,15H,2,5-6,9-13H2,(H2,18,19,20). The third-order valence-electron chi connectivity index (χ3n) is 4.77. The lowest BCUT2D eigenvalue weighted by molar-refractivity contribution is 0.231. The Labute approximate surface area is 121 Å². The number of benzene rings is 1. The van der Waals surface area contributed by atoms with Gasteiger partial charge < -0.3 is 10.6 Å². The van der Waals surface area contributed by atoms with Gasteiger partial charge >= 0.3 is 6.03 Å². The van der Waals surface area contributed by atoms with Crippen molar-refractivity contribution in [1.82, 2.24) is 10.6 Å². The van der Waals surface area contributed by atoms with Crippen LogP contribution >= 0.6 is 0 Å². The zero-order chi connectivity index (χ0) is 13.8. The number of rotatable bonds is 4. The molecule has 2 amide bonds. The maximum absolute atomic E-state index is 12.0. The number of hydrogen-bond acceptors (Lipinski definition) is 1. The minimum atomic E-state index is 0.0131. The molecule has 0 aliphatic heterocycles. The first-order chi connectivity index (χ1) is 9.78. The molecule has 2 aliphatic rings. The van der Waals surface area contributed by atoms with Crippen molar-refractivity contribution in [2.45, 2.75) is 56.4 Å². The van der Waals surface area contributed by atoms with Crippen molar-refractivity contribution in [3.63, 3.8) is 0 Å². The molecule has 0 atom stereocenters. The van der Waals surface area contributed by atoms with Gasteiger partial charge in [-0.05, 0) is 31.2 Å². The summed E-state index contributed by atoms with van der Waals surface area (Å²) < 4.78 is 0. The highest BCUT2D eigenvalue weighted by atomic mass is 16.2. The summed E-state index contributed by atoms with van der Waals surface area (Å²) in [6.07, 6.45) is 8.45. The fraction of sp³-hybridized carbons (Fsp3) is 0.588. The van der Waals surface area contributed by atoms with Crippen molar-refractivity contribution in [3.05, 3.63) is 35.9 Å². The van der Waals surface area contributed by atoms with E-state index in [4.69, 9.17) is 0 Å². The molecule has 1 aromatic rings. The Kier molecular flexibility index (Phi) is 3.95. The predicted molar refractivity (Wildman–Crippen MR) is 80.8 cm³/mol. The highest BCUT2D eigenvalue weighted by Gasteiger charge is 2.44. The van der Waals surface area contributed by atoms with E-state index in [1.165, 1.54) is 37.7 Å². The summed E-state index contributed by atoms with van der Waals surface area (Å²) in [6, 6.07) is 11.0. The van der Waals surface area contributed by atoms with Crippen LogP contribution in [0, 0.1) is 0 Å². The average Bonchev–Trinajstić information content (AvgIpc) is 3.28. The van der Waals surface area contributed by atoms with Crippen LogP contribution < -0.4 is 10.6 Å². The van der Waals surface area contributed by atoms with Gasteiger partial charge in [0.05, 0.1) is 0 Å². The van der Waals surface area contributed by atoms with Crippen LogP contribution in [0.3, 0.4) is 0 Å². The van der Waals surface area contributed by atoms with Crippen molar-refractivity contribution >= 4 is 6.03 Å². The van der Waals surface area contributed by atoms with Crippen LogP contribution in [0.25, 0.3) is 0 Å². The third-order valence-corrected chi connectivity index (χ3v) is 4.77. The molecule has 2 aliphatic carbocycles. The van der Waals surface area contributed by atoms with E-state index in [1.807, 2.05) is 6.07 Å². The number of urea groups is 1. The molecule has 0 saturated heterocycles. The minimum absolute atomic E-state index is 0.0131. The molecule has 20 heavy (non-hydrogen) atoms. The number of hydrogen-bond donors (Lipinski definition) is 2. The summed E-state index contributed by atoms with van der Waals surface area (Å²) >= 11 is 0. The molecule has 0 bridgehead atoms. The Bertz CT molecular complexity index is 447. The van der Waals surface area contributed by atoms with Crippen LogP contribution in [0.4, 0.5) is 4.79 Å². The van der Waals surface area contributed by atoms with Gasteiger partial charge in [-0.3, -0.25) is 0 Å². The summed E-state index contributed by atoms with van der Waals surface area (Å²) in [6.45, 7) is 0.759. The van der Waals surface area contributed by atoms with Crippen molar-refractivity contribution in [2.75, 3.05) is 6.54 Å². The SMILES string of the molecule is O=C(NCC1(c2ccccc2)CC1)NC1CCCCC1. The molecule has 2 saturated carbocycles. The molecule has 0 radical (unpaired) electrons. The van der Waals surface area contributed by atoms with Gasteiger partial charge in [0, 0.05) is 18.0 Å². The molecule has 0 unspecified atom stereocenters. The van der Waals surface area contributed by atoms with Crippen LogP contribution in [0.2, 0.25) is 0 Å². The largest absolute Gasteiger partial charge is 0.337 e. The third kappa shape index (κ3) is 3.14. The van der Waals surface area contributed by atoms with Gasteiger partial charge in [0.2, 0.25) is 0 Å². The Morgan fingerprint density at radius 1 is 1.10 bits per heavy atom. The first kappa shape index (κ1) is 13.5. The van der Waals surface area contributed by atoms with E-state index in [0.29, 0.717) is 6.04 Å². The molecular formula is C17H24N2O. The van der Waals surface area contributed by atoms with E-state index < -0.39 is 0 Å². The van der Waals surface area contributed by atoms with Gasteiger partial charge in [-0.25, -0.2) is 4.79 Å². The van der Waals surface area contributed by atoms with E-state index in [2.05, 4.69) is 34.9 Å². The second-order valence-corrected chi connectivity index (χ2v) is 6.31. The number of carbonyl (C=O) groups is 1. The molecule has 2 fully saturated rings. The highest BCUT2D eigenvalue weighted by molar-refractivity contribution is 5.74. The predicted octanol–water partition coefficient (Wildman–Crippen LogP) is 3.35. The second kappa shape index (κ2) is 5.86. The van der Waals surface area contributed by atoms with Gasteiger partial charge in [0.25, 0.3) is 0 Å². The summed E-state index contributed by atoms with van der Waals surface area (Å²) in [4.78, 5) is 12.0. The van der Waals surface area contributed by atoms with Crippen LogP contribution in [0.15, 0.2) is 30.3 Å². The van der Waals surface area contributed by atoms with Gasteiger partial charge in [-0.1, -0.05) is 49.6 Å². The van der Waals surface area contributed by atoms with Crippen molar-refractivity contribution in [2.24, 2.45) is 0 Å². The number of carbonyl (C=O) groups excluding carboxylic acids is 1. The smallest absolute Gasteiger partial charge is 0.315 e. The number of amides is 2. The topological polar surface area (TPSA) is 41.1 Å². The fourth-order valence-electron chi connectivity index (χ4n) is 3.24. The molecule has 0 heterocycles. The normalized spacial score (nSPS) is 21.2. The van der Waals surface area contributed by atoms with Gasteiger partial charge in [-0.2, -0.15) is 0 Å². The van der Waals surface area contributed by atoms with Crippen LogP contribution in [0.1, 0.15) is 50.5 Å². The zero-order valence-electron chi connectivity index (χ0n) is 12.0. The van der Waals surface area contributed by atoms with E-state index >= 15 is 0 Å². The lowest BCUT2D eigenvalue weighted by atomic mass is 9.95. The van der Waals surface area contributed by atoms with Crippen molar-refractivity contribution < 1.29 is 4.79 Å². The number of nitrogens with one attached hydrogen (secondary N) is 2. The van der Waals surface area contributed by atoms with Crippen molar-refractivity contribution in [1.29, 1.82) is 0 Å². The average molecular weight is 272 g/mol. The van der Waals surface area contributed by atoms with Crippen LogP contribution in [-0.2, 0) is 5.41 Å². The summed E-state index contributed by atoms with van der Waals surface area (Å²) in [5.41, 5.74) is 1.56. The van der Waals surface area contributed by atoms with E-state index in [9.17, 15) is 4.79 Å². The van der Waals surface area contributed by atoms with Gasteiger partial charge in [0.15, 0.2) is 0 Å². The lowest BCUT2D eigenvalue weighted by Gasteiger charge is -2.24. The highest BCUT2D eigenvalue weighted by Crippen LogP contribution is 2.47. The fourth-order valence-corrected chi connectivity index (χ4v) is 3.24. The summed E-state index contributed by atoms with van der Waals surface area (Å²) in [5, 5.41) is 6.20. The molecule has 2 N–H and O–H groups in total. The van der Waals surface area contributed by atoms with E-state index in [-0.39, 0.29) is 11.4 Å². The summed E-state index contributed by atoms with van der Waals surface area (Å²) in [5.74, 6) is 0. The quantitative estimate of drug-likeness (QED) is 0.867.